The van der Waals surface area contributed by atoms with Crippen molar-refractivity contribution in [2.24, 2.45) is 0 Å². The fraction of sp³-hybridized carbons (Fsp3) is 1.00. The molecule has 12 heteroatoms. The highest BCUT2D eigenvalue weighted by Gasteiger charge is 2.39. The summed E-state index contributed by atoms with van der Waals surface area (Å²) in [6.07, 6.45) is -0.333. The molecule has 2 aliphatic rings. The highest BCUT2D eigenvalue weighted by Crippen LogP contribution is 2.53. The smallest absolute Gasteiger partial charge is 0.345 e. The molecule has 2 aliphatic heterocycles. The van der Waals surface area contributed by atoms with Crippen LogP contribution in [0.2, 0.25) is 0 Å². The fourth-order valence-corrected chi connectivity index (χ4v) is 5.50. The number of ether oxygens (including phenoxy) is 2. The maximum Gasteiger partial charge on any atom is 0.345 e. The van der Waals surface area contributed by atoms with E-state index in [-0.39, 0.29) is 31.5 Å². The quantitative estimate of drug-likeness (QED) is 0.530. The Bertz CT molecular complexity index is 538. The number of hydrogen-bond acceptors (Lipinski definition) is 7. The third kappa shape index (κ3) is 6.85. The van der Waals surface area contributed by atoms with Gasteiger partial charge in [-0.15, -0.1) is 0 Å². The molecule has 0 aromatic rings. The van der Waals surface area contributed by atoms with E-state index < -0.39 is 15.8 Å². The van der Waals surface area contributed by atoms with Crippen LogP contribution in [0.25, 0.3) is 0 Å². The van der Waals surface area contributed by atoms with Gasteiger partial charge in [-0.25, -0.2) is 14.0 Å². The molecule has 27 heavy (non-hydrogen) atoms. The molecule has 2 fully saturated rings. The van der Waals surface area contributed by atoms with Gasteiger partial charge in [0.15, 0.2) is 0 Å². The van der Waals surface area contributed by atoms with Crippen LogP contribution in [0.5, 0.6) is 0 Å². The first-order valence-electron chi connectivity index (χ1n) is 9.22. The van der Waals surface area contributed by atoms with Gasteiger partial charge in [0.1, 0.15) is 0 Å². The Balaban J connectivity index is 1.93. The van der Waals surface area contributed by atoms with Gasteiger partial charge >= 0.3 is 7.67 Å². The monoisotopic (exact) mass is 428 g/mol. The van der Waals surface area contributed by atoms with Gasteiger partial charge < -0.3 is 23.8 Å². The van der Waals surface area contributed by atoms with Crippen LogP contribution in [0, 0.1) is 0 Å². The number of nitrogens with one attached hydrogen (secondary N) is 1. The Morgan fingerprint density at radius 2 is 1.96 bits per heavy atom. The molecule has 0 aromatic heterocycles. The minimum atomic E-state index is -3.21. The summed E-state index contributed by atoms with van der Waals surface area (Å²) in [5, 5.41) is 3.28. The van der Waals surface area contributed by atoms with Gasteiger partial charge in [-0.05, 0) is 35.1 Å². The third-order valence-corrected chi connectivity index (χ3v) is 8.11. The zero-order chi connectivity index (χ0) is 20.0. The van der Waals surface area contributed by atoms with Crippen LogP contribution in [-0.2, 0) is 27.7 Å². The zero-order valence-corrected chi connectivity index (χ0v) is 18.8. The second-order valence-corrected chi connectivity index (χ2v) is 11.6. The van der Waals surface area contributed by atoms with E-state index in [4.69, 9.17) is 18.5 Å². The molecule has 0 saturated carbocycles. The van der Waals surface area contributed by atoms with Crippen molar-refractivity contribution in [3.05, 3.63) is 0 Å². The molecule has 2 heterocycles. The number of morpholine rings is 2. The minimum absolute atomic E-state index is 0.107. The zero-order valence-electron chi connectivity index (χ0n) is 16.9. The Morgan fingerprint density at radius 1 is 1.22 bits per heavy atom. The van der Waals surface area contributed by atoms with Crippen molar-refractivity contribution in [3.63, 3.8) is 0 Å². The van der Waals surface area contributed by atoms with Gasteiger partial charge in [0.25, 0.3) is 8.18 Å². The Hall–Kier alpha value is 0.140. The van der Waals surface area contributed by atoms with Crippen LogP contribution in [-0.4, -0.2) is 107 Å². The molecule has 5 atom stereocenters. The topological polar surface area (TPSA) is 92.8 Å². The summed E-state index contributed by atoms with van der Waals surface area (Å²) in [6.45, 7) is 5.21. The molecule has 2 rings (SSSR count). The van der Waals surface area contributed by atoms with Gasteiger partial charge in [-0.1, -0.05) is 0 Å². The number of nitrogens with zero attached hydrogens (tertiary/aromatic N) is 3. The molecule has 0 bridgehead atoms. The van der Waals surface area contributed by atoms with E-state index >= 15 is 0 Å². The standard InChI is InChI=1S/C15H34N4O6P2/c1-13-8-16-9-14(25-13)12-24-27(21,18(4)5)19-6-7-22-15(10-19)11-23-26(20)17(2)3/h13-16,26H,6-12H2,1-5H3/t13-,14-,15-,27?/m0/s1. The van der Waals surface area contributed by atoms with Crippen molar-refractivity contribution in [1.82, 2.24) is 19.3 Å². The molecule has 2 unspecified atom stereocenters. The van der Waals surface area contributed by atoms with E-state index in [0.717, 1.165) is 6.54 Å². The van der Waals surface area contributed by atoms with E-state index in [9.17, 15) is 9.13 Å². The molecule has 0 aromatic carbocycles. The Morgan fingerprint density at radius 3 is 2.59 bits per heavy atom. The van der Waals surface area contributed by atoms with Crippen LogP contribution < -0.4 is 5.32 Å². The van der Waals surface area contributed by atoms with Gasteiger partial charge in [-0.2, -0.15) is 0 Å². The van der Waals surface area contributed by atoms with Gasteiger partial charge in [0.2, 0.25) is 0 Å². The van der Waals surface area contributed by atoms with Crippen LogP contribution in [0.15, 0.2) is 0 Å². The Kier molecular flexibility index (Phi) is 9.35. The van der Waals surface area contributed by atoms with Crippen molar-refractivity contribution in [2.45, 2.75) is 25.2 Å². The third-order valence-electron chi connectivity index (χ3n) is 4.40. The lowest BCUT2D eigenvalue weighted by Gasteiger charge is -2.40. The molecule has 0 spiro atoms. The first-order chi connectivity index (χ1) is 12.7. The fourth-order valence-electron chi connectivity index (χ4n) is 2.93. The Labute approximate surface area is 162 Å². The largest absolute Gasteiger partial charge is 0.373 e. The lowest BCUT2D eigenvalue weighted by Crippen LogP contribution is -2.47. The van der Waals surface area contributed by atoms with Crippen LogP contribution in [0.1, 0.15) is 6.92 Å². The molecule has 0 amide bonds. The molecule has 2 saturated heterocycles. The average molecular weight is 428 g/mol. The second-order valence-electron chi connectivity index (χ2n) is 7.24. The van der Waals surface area contributed by atoms with E-state index in [1.807, 2.05) is 6.92 Å². The predicted molar refractivity (Wildman–Crippen MR) is 104 cm³/mol. The molecule has 0 aliphatic carbocycles. The maximum atomic E-state index is 13.6. The summed E-state index contributed by atoms with van der Waals surface area (Å²) in [5.41, 5.74) is 0. The average Bonchev–Trinajstić information content (AvgIpc) is 2.64. The van der Waals surface area contributed by atoms with Gasteiger partial charge in [-0.3, -0.25) is 9.13 Å². The lowest BCUT2D eigenvalue weighted by molar-refractivity contribution is -0.0544. The lowest BCUT2D eigenvalue weighted by atomic mass is 10.3. The van der Waals surface area contributed by atoms with Gasteiger partial charge in [0.05, 0.1) is 38.1 Å². The molecule has 0 radical (unpaired) electrons. The van der Waals surface area contributed by atoms with Crippen molar-refractivity contribution >= 4 is 15.8 Å². The minimum Gasteiger partial charge on any atom is -0.373 e. The van der Waals surface area contributed by atoms with Crippen molar-refractivity contribution in [2.75, 3.05) is 74.2 Å². The summed E-state index contributed by atoms with van der Waals surface area (Å²) in [5.74, 6) is 0. The highest BCUT2D eigenvalue weighted by atomic mass is 31.2. The van der Waals surface area contributed by atoms with Crippen LogP contribution in [0.4, 0.5) is 0 Å². The van der Waals surface area contributed by atoms with E-state index in [0.29, 0.717) is 26.2 Å². The number of rotatable bonds is 9. The van der Waals surface area contributed by atoms with Crippen molar-refractivity contribution < 1.29 is 27.7 Å². The van der Waals surface area contributed by atoms with E-state index in [1.54, 1.807) is 37.5 Å². The summed E-state index contributed by atoms with van der Waals surface area (Å²) in [4.78, 5) is 0. The van der Waals surface area contributed by atoms with E-state index in [1.165, 1.54) is 4.67 Å². The first-order valence-corrected chi connectivity index (χ1v) is 12.0. The summed E-state index contributed by atoms with van der Waals surface area (Å²) < 4.78 is 53.1. The molecule has 10 nitrogen and oxygen atoms in total. The van der Waals surface area contributed by atoms with Crippen molar-refractivity contribution in [3.8, 4) is 0 Å². The van der Waals surface area contributed by atoms with Crippen LogP contribution in [0.3, 0.4) is 0 Å². The first kappa shape index (κ1) is 23.4. The highest BCUT2D eigenvalue weighted by molar-refractivity contribution is 7.53. The molecule has 160 valence electrons. The molecule has 1 N–H and O–H groups in total. The SMILES string of the molecule is C[C@H]1CNC[C@@H](COP(=O)(N(C)C)N2CCO[C@H](CO[PH](=O)N(C)C)C2)O1. The van der Waals surface area contributed by atoms with E-state index in [2.05, 4.69) is 5.32 Å². The summed E-state index contributed by atoms with van der Waals surface area (Å²) >= 11 is 0. The molecular formula is C15H34N4O6P2. The maximum absolute atomic E-state index is 13.6. The number of hydrogen-bond donors (Lipinski definition) is 1. The summed E-state index contributed by atoms with van der Waals surface area (Å²) in [6, 6.07) is 0. The second kappa shape index (κ2) is 10.8. The normalized spacial score (nSPS) is 31.1. The summed E-state index contributed by atoms with van der Waals surface area (Å²) in [7, 11) is 1.43. The molecular weight excluding hydrogens is 394 g/mol. The van der Waals surface area contributed by atoms with Gasteiger partial charge in [0, 0.05) is 26.2 Å². The predicted octanol–water partition coefficient (Wildman–Crippen LogP) is 0.718. The van der Waals surface area contributed by atoms with Crippen LogP contribution >= 0.6 is 15.8 Å². The van der Waals surface area contributed by atoms with Crippen molar-refractivity contribution in [1.29, 1.82) is 0 Å².